The van der Waals surface area contributed by atoms with Crippen LogP contribution in [0, 0.1) is 12.3 Å². The first-order chi connectivity index (χ1) is 14.9. The Morgan fingerprint density at radius 2 is 1.78 bits per heavy atom. The Hall–Kier alpha value is -2.71. The summed E-state index contributed by atoms with van der Waals surface area (Å²) in [5.41, 5.74) is -0.243. The topological polar surface area (TPSA) is 98.8 Å². The number of rotatable bonds is 7. The van der Waals surface area contributed by atoms with E-state index in [0.29, 0.717) is 16.9 Å². The highest BCUT2D eigenvalue weighted by molar-refractivity contribution is 7.89. The van der Waals surface area contributed by atoms with Crippen LogP contribution in [0.4, 0.5) is 0 Å². The Balaban J connectivity index is 1.87. The molecule has 1 atom stereocenters. The molecule has 0 aromatic heterocycles. The van der Waals surface area contributed by atoms with Crippen LogP contribution in [0.15, 0.2) is 47.4 Å². The molecule has 0 bridgehead atoms. The molecule has 0 amide bonds. The fraction of sp³-hybridized carbons (Fsp3) is 0.417. The Kier molecular flexibility index (Phi) is 6.49. The molecule has 2 aromatic carbocycles. The van der Waals surface area contributed by atoms with Gasteiger partial charge in [0.1, 0.15) is 16.8 Å². The number of carbonyl (C=O) groups excluding carboxylic acids is 2. The minimum Gasteiger partial charge on any atom is -0.497 e. The number of carbonyl (C=O) groups is 2. The highest BCUT2D eigenvalue weighted by Crippen LogP contribution is 2.42. The van der Waals surface area contributed by atoms with Crippen LogP contribution in [-0.2, 0) is 26.0 Å². The van der Waals surface area contributed by atoms with Crippen LogP contribution in [0.1, 0.15) is 48.7 Å². The Morgan fingerprint density at radius 1 is 1.12 bits per heavy atom. The van der Waals surface area contributed by atoms with Crippen molar-refractivity contribution >= 4 is 21.8 Å². The summed E-state index contributed by atoms with van der Waals surface area (Å²) in [6.45, 7) is 6.97. The predicted octanol–water partition coefficient (Wildman–Crippen LogP) is 3.44. The van der Waals surface area contributed by atoms with Crippen molar-refractivity contribution in [3.63, 3.8) is 0 Å². The maximum atomic E-state index is 13.4. The number of esters is 1. The van der Waals surface area contributed by atoms with E-state index in [1.165, 1.54) is 19.2 Å². The number of fused-ring (bicyclic) bond motifs is 1. The van der Waals surface area contributed by atoms with Crippen LogP contribution >= 0.6 is 0 Å². The molecule has 3 rings (SSSR count). The van der Waals surface area contributed by atoms with E-state index >= 15 is 0 Å². The molecule has 32 heavy (non-hydrogen) atoms. The minimum atomic E-state index is -3.79. The van der Waals surface area contributed by atoms with Crippen molar-refractivity contribution < 1.29 is 27.5 Å². The second kappa shape index (κ2) is 8.67. The maximum Gasteiger partial charge on any atom is 0.320 e. The standard InChI is InChI=1S/C24H29NO6S/c1-16-6-9-19(10-7-16)32(28,29)25-13-12-24(22(27)31-23(2,3)4)15-17-14-18(30-5)8-11-20(17)21(24)26/h6-11,14,25H,12-13,15H2,1-5H3/t24-/m1/s1. The molecule has 0 saturated heterocycles. The molecule has 0 spiro atoms. The van der Waals surface area contributed by atoms with Crippen LogP contribution in [-0.4, -0.2) is 39.4 Å². The monoisotopic (exact) mass is 459 g/mol. The maximum absolute atomic E-state index is 13.4. The van der Waals surface area contributed by atoms with Crippen molar-refractivity contribution in [1.29, 1.82) is 0 Å². The van der Waals surface area contributed by atoms with Gasteiger partial charge in [-0.2, -0.15) is 0 Å². The summed E-state index contributed by atoms with van der Waals surface area (Å²) >= 11 is 0. The van der Waals surface area contributed by atoms with Crippen molar-refractivity contribution in [2.45, 2.75) is 51.0 Å². The number of hydrogen-bond acceptors (Lipinski definition) is 6. The average molecular weight is 460 g/mol. The van der Waals surface area contributed by atoms with Gasteiger partial charge in [-0.05, 0) is 76.4 Å². The van der Waals surface area contributed by atoms with Crippen LogP contribution in [0.2, 0.25) is 0 Å². The smallest absolute Gasteiger partial charge is 0.320 e. The molecule has 1 aliphatic carbocycles. The van der Waals surface area contributed by atoms with E-state index in [2.05, 4.69) is 4.72 Å². The molecule has 8 heteroatoms. The van der Waals surface area contributed by atoms with Crippen molar-refractivity contribution in [3.05, 3.63) is 59.2 Å². The first kappa shape index (κ1) is 23.9. The number of benzene rings is 2. The van der Waals surface area contributed by atoms with Crippen molar-refractivity contribution in [1.82, 2.24) is 4.72 Å². The van der Waals surface area contributed by atoms with Gasteiger partial charge in [-0.3, -0.25) is 9.59 Å². The predicted molar refractivity (Wildman–Crippen MR) is 120 cm³/mol. The molecule has 0 fully saturated rings. The second-order valence-corrected chi connectivity index (χ2v) is 10.8. The van der Waals surface area contributed by atoms with Crippen molar-refractivity contribution in [3.8, 4) is 5.75 Å². The van der Waals surface area contributed by atoms with Crippen molar-refractivity contribution in [2.75, 3.05) is 13.7 Å². The summed E-state index contributed by atoms with van der Waals surface area (Å²) in [7, 11) is -2.26. The number of sulfonamides is 1. The van der Waals surface area contributed by atoms with E-state index in [0.717, 1.165) is 5.56 Å². The van der Waals surface area contributed by atoms with Crippen LogP contribution in [0.25, 0.3) is 0 Å². The number of aryl methyl sites for hydroxylation is 1. The number of nitrogens with one attached hydrogen (secondary N) is 1. The molecule has 2 aromatic rings. The van der Waals surface area contributed by atoms with E-state index < -0.39 is 27.0 Å². The summed E-state index contributed by atoms with van der Waals surface area (Å²) in [6.07, 6.45) is 0.0996. The number of hydrogen-bond donors (Lipinski definition) is 1. The third-order valence-electron chi connectivity index (χ3n) is 5.45. The van der Waals surface area contributed by atoms with Gasteiger partial charge in [0.15, 0.2) is 5.78 Å². The van der Waals surface area contributed by atoms with Crippen LogP contribution in [0.3, 0.4) is 0 Å². The largest absolute Gasteiger partial charge is 0.497 e. The summed E-state index contributed by atoms with van der Waals surface area (Å²) in [5, 5.41) is 0. The van der Waals surface area contributed by atoms with Gasteiger partial charge >= 0.3 is 5.97 Å². The summed E-state index contributed by atoms with van der Waals surface area (Å²) in [4.78, 5) is 26.7. The van der Waals surface area contributed by atoms with Crippen LogP contribution < -0.4 is 9.46 Å². The fourth-order valence-electron chi connectivity index (χ4n) is 3.77. The van der Waals surface area contributed by atoms with Gasteiger partial charge in [0.2, 0.25) is 10.0 Å². The molecular weight excluding hydrogens is 430 g/mol. The van der Waals surface area contributed by atoms with Gasteiger partial charge in [0.25, 0.3) is 0 Å². The first-order valence-electron chi connectivity index (χ1n) is 10.4. The van der Waals surface area contributed by atoms with Gasteiger partial charge in [0.05, 0.1) is 12.0 Å². The molecule has 172 valence electrons. The van der Waals surface area contributed by atoms with Crippen LogP contribution in [0.5, 0.6) is 5.75 Å². The number of methoxy groups -OCH3 is 1. The van der Waals surface area contributed by atoms with Gasteiger partial charge in [-0.25, -0.2) is 13.1 Å². The average Bonchev–Trinajstić information content (AvgIpc) is 2.99. The highest BCUT2D eigenvalue weighted by atomic mass is 32.2. The fourth-order valence-corrected chi connectivity index (χ4v) is 4.80. The van der Waals surface area contributed by atoms with E-state index in [1.807, 2.05) is 6.92 Å². The third kappa shape index (κ3) is 4.86. The van der Waals surface area contributed by atoms with E-state index in [-0.39, 0.29) is 30.1 Å². The van der Waals surface area contributed by atoms with Crippen molar-refractivity contribution in [2.24, 2.45) is 5.41 Å². The quantitative estimate of drug-likeness (QED) is 0.503. The molecular formula is C24H29NO6S. The second-order valence-electron chi connectivity index (χ2n) is 9.07. The highest BCUT2D eigenvalue weighted by Gasteiger charge is 2.53. The summed E-state index contributed by atoms with van der Waals surface area (Å²) in [5.74, 6) is -0.435. The van der Waals surface area contributed by atoms with E-state index in [4.69, 9.17) is 9.47 Å². The lowest BCUT2D eigenvalue weighted by atomic mass is 9.80. The summed E-state index contributed by atoms with van der Waals surface area (Å²) in [6, 6.07) is 11.5. The molecule has 1 N–H and O–H groups in total. The van der Waals surface area contributed by atoms with Gasteiger partial charge in [-0.1, -0.05) is 17.7 Å². The minimum absolute atomic E-state index is 0.0250. The molecule has 0 aliphatic heterocycles. The molecule has 1 aliphatic rings. The lowest BCUT2D eigenvalue weighted by Gasteiger charge is -2.30. The molecule has 0 heterocycles. The Morgan fingerprint density at radius 3 is 2.38 bits per heavy atom. The number of Topliss-reactive ketones (excluding diaryl/α,β-unsaturated/α-hetero) is 1. The Bertz CT molecular complexity index is 1130. The normalized spacial score (nSPS) is 18.3. The van der Waals surface area contributed by atoms with Gasteiger partial charge in [-0.15, -0.1) is 0 Å². The zero-order valence-corrected chi connectivity index (χ0v) is 19.8. The summed E-state index contributed by atoms with van der Waals surface area (Å²) < 4.78 is 38.7. The SMILES string of the molecule is COc1ccc2c(c1)C[C@@](CCNS(=O)(=O)c1ccc(C)cc1)(C(=O)OC(C)(C)C)C2=O. The first-order valence-corrected chi connectivity index (χ1v) is 11.9. The third-order valence-corrected chi connectivity index (χ3v) is 6.93. The number of ether oxygens (including phenoxy) is 2. The number of ketones is 1. The molecule has 7 nitrogen and oxygen atoms in total. The Labute approximate surface area is 189 Å². The molecule has 0 unspecified atom stereocenters. The van der Waals surface area contributed by atoms with E-state index in [1.54, 1.807) is 51.1 Å². The van der Waals surface area contributed by atoms with E-state index in [9.17, 15) is 18.0 Å². The van der Waals surface area contributed by atoms with Gasteiger partial charge in [0, 0.05) is 12.1 Å². The zero-order chi connectivity index (χ0) is 23.7. The lowest BCUT2D eigenvalue weighted by molar-refractivity contribution is -0.164. The molecule has 0 radical (unpaired) electrons. The van der Waals surface area contributed by atoms with Gasteiger partial charge < -0.3 is 9.47 Å². The molecule has 0 saturated carbocycles. The lowest BCUT2D eigenvalue weighted by Crippen LogP contribution is -2.44. The zero-order valence-electron chi connectivity index (χ0n) is 19.0.